The van der Waals surface area contributed by atoms with Gasteiger partial charge in [-0.25, -0.2) is 17.5 Å². The minimum absolute atomic E-state index is 0.0213. The number of hydrogen-bond acceptors (Lipinski definition) is 4. The predicted molar refractivity (Wildman–Crippen MR) is 105 cm³/mol. The van der Waals surface area contributed by atoms with Gasteiger partial charge in [0, 0.05) is 11.6 Å². The molecule has 0 radical (unpaired) electrons. The molecule has 1 saturated carbocycles. The molecule has 8 heteroatoms. The molecule has 2 N–H and O–H groups in total. The number of nitrogens with one attached hydrogen (secondary N) is 2. The van der Waals surface area contributed by atoms with E-state index in [1.807, 2.05) is 0 Å². The van der Waals surface area contributed by atoms with Crippen molar-refractivity contribution in [3.05, 3.63) is 53.8 Å². The summed E-state index contributed by atoms with van der Waals surface area (Å²) >= 11 is 0. The van der Waals surface area contributed by atoms with Crippen LogP contribution in [0, 0.1) is 5.82 Å². The second-order valence-electron chi connectivity index (χ2n) is 6.76. The van der Waals surface area contributed by atoms with Gasteiger partial charge in [0.05, 0.1) is 12.8 Å². The van der Waals surface area contributed by atoms with Gasteiger partial charge in [-0.2, -0.15) is 0 Å². The average molecular weight is 406 g/mol. The van der Waals surface area contributed by atoms with E-state index >= 15 is 0 Å². The highest BCUT2D eigenvalue weighted by atomic mass is 32.2. The van der Waals surface area contributed by atoms with Crippen LogP contribution in [0.3, 0.4) is 0 Å². The van der Waals surface area contributed by atoms with E-state index in [4.69, 9.17) is 4.74 Å². The maximum absolute atomic E-state index is 13.8. The number of carbonyl (C=O) groups is 1. The van der Waals surface area contributed by atoms with Crippen molar-refractivity contribution in [3.63, 3.8) is 0 Å². The van der Waals surface area contributed by atoms with Crippen molar-refractivity contribution in [2.45, 2.75) is 43.0 Å². The van der Waals surface area contributed by atoms with Crippen LogP contribution in [0.25, 0.3) is 0 Å². The Morgan fingerprint density at radius 1 is 1.11 bits per heavy atom. The van der Waals surface area contributed by atoms with E-state index in [2.05, 4.69) is 10.0 Å². The lowest BCUT2D eigenvalue weighted by Gasteiger charge is -2.23. The van der Waals surface area contributed by atoms with Crippen LogP contribution in [0.4, 0.5) is 10.1 Å². The number of halogens is 1. The van der Waals surface area contributed by atoms with Gasteiger partial charge in [0.1, 0.15) is 16.5 Å². The van der Waals surface area contributed by atoms with Gasteiger partial charge < -0.3 is 10.1 Å². The molecule has 28 heavy (non-hydrogen) atoms. The summed E-state index contributed by atoms with van der Waals surface area (Å²) in [5.74, 6) is -1.04. The van der Waals surface area contributed by atoms with Gasteiger partial charge in [-0.1, -0.05) is 31.4 Å². The zero-order valence-corrected chi connectivity index (χ0v) is 16.4. The normalized spacial score (nSPS) is 15.2. The molecule has 0 bridgehead atoms. The number of amides is 1. The fraction of sp³-hybridized carbons (Fsp3) is 0.350. The zero-order chi connectivity index (χ0) is 20.1. The van der Waals surface area contributed by atoms with Crippen molar-refractivity contribution in [1.82, 2.24) is 4.72 Å². The third-order valence-electron chi connectivity index (χ3n) is 4.76. The third-order valence-corrected chi connectivity index (χ3v) is 6.31. The van der Waals surface area contributed by atoms with Crippen LogP contribution in [-0.2, 0) is 10.0 Å². The first-order chi connectivity index (χ1) is 13.4. The van der Waals surface area contributed by atoms with Crippen molar-refractivity contribution in [2.75, 3.05) is 12.4 Å². The summed E-state index contributed by atoms with van der Waals surface area (Å²) in [5.41, 5.74) is 0.112. The molecule has 150 valence electrons. The van der Waals surface area contributed by atoms with E-state index in [0.29, 0.717) is 0 Å². The molecule has 0 saturated heterocycles. The van der Waals surface area contributed by atoms with Gasteiger partial charge in [-0.3, -0.25) is 4.79 Å². The summed E-state index contributed by atoms with van der Waals surface area (Å²) in [7, 11) is -2.50. The van der Waals surface area contributed by atoms with E-state index in [-0.39, 0.29) is 27.9 Å². The second-order valence-corrected chi connectivity index (χ2v) is 8.44. The van der Waals surface area contributed by atoms with E-state index in [0.717, 1.165) is 32.1 Å². The van der Waals surface area contributed by atoms with Crippen molar-refractivity contribution < 1.29 is 22.3 Å². The minimum Gasteiger partial charge on any atom is -0.495 e. The fourth-order valence-corrected chi connectivity index (χ4v) is 4.79. The maximum atomic E-state index is 13.8. The first-order valence-corrected chi connectivity index (χ1v) is 10.7. The Morgan fingerprint density at radius 2 is 1.82 bits per heavy atom. The number of rotatable bonds is 6. The summed E-state index contributed by atoms with van der Waals surface area (Å²) in [4.78, 5) is 12.4. The summed E-state index contributed by atoms with van der Waals surface area (Å²) in [6.07, 6.45) is 4.64. The Bertz CT molecular complexity index is 956. The van der Waals surface area contributed by atoms with Crippen LogP contribution in [0.15, 0.2) is 47.4 Å². The van der Waals surface area contributed by atoms with Gasteiger partial charge in [-0.05, 0) is 43.2 Å². The molecule has 1 fully saturated rings. The Labute approximate surface area is 164 Å². The molecule has 0 aliphatic heterocycles. The predicted octanol–water partition coefficient (Wildman–Crippen LogP) is 3.70. The number of ether oxygens (including phenoxy) is 1. The molecule has 1 amide bonds. The van der Waals surface area contributed by atoms with Crippen molar-refractivity contribution in [1.29, 1.82) is 0 Å². The highest BCUT2D eigenvalue weighted by Gasteiger charge is 2.26. The molecule has 0 aromatic heterocycles. The molecule has 0 heterocycles. The number of methoxy groups -OCH3 is 1. The lowest BCUT2D eigenvalue weighted by molar-refractivity contribution is 0.102. The van der Waals surface area contributed by atoms with Crippen molar-refractivity contribution >= 4 is 21.6 Å². The molecule has 0 unspecified atom stereocenters. The van der Waals surface area contributed by atoms with E-state index < -0.39 is 21.7 Å². The fourth-order valence-electron chi connectivity index (χ4n) is 3.29. The second kappa shape index (κ2) is 8.70. The zero-order valence-electron chi connectivity index (χ0n) is 15.6. The van der Waals surface area contributed by atoms with Crippen LogP contribution in [0.5, 0.6) is 5.75 Å². The average Bonchev–Trinajstić information content (AvgIpc) is 2.69. The number of para-hydroxylation sites is 1. The van der Waals surface area contributed by atoms with Crippen LogP contribution in [-0.4, -0.2) is 27.5 Å². The highest BCUT2D eigenvalue weighted by Crippen LogP contribution is 2.27. The molecule has 1 aliphatic rings. The van der Waals surface area contributed by atoms with Gasteiger partial charge in [0.2, 0.25) is 10.0 Å². The Kier molecular flexibility index (Phi) is 6.31. The number of anilines is 1. The molecular formula is C20H23FN2O4S. The largest absolute Gasteiger partial charge is 0.495 e. The first-order valence-electron chi connectivity index (χ1n) is 9.17. The van der Waals surface area contributed by atoms with Gasteiger partial charge in [0.15, 0.2) is 0 Å². The van der Waals surface area contributed by atoms with Crippen LogP contribution < -0.4 is 14.8 Å². The summed E-state index contributed by atoms with van der Waals surface area (Å²) in [6, 6.07) is 9.75. The topological polar surface area (TPSA) is 84.5 Å². The van der Waals surface area contributed by atoms with Gasteiger partial charge in [-0.15, -0.1) is 0 Å². The van der Waals surface area contributed by atoms with E-state index in [1.54, 1.807) is 6.07 Å². The molecule has 3 rings (SSSR count). The monoisotopic (exact) mass is 406 g/mol. The molecule has 0 atom stereocenters. The smallest absolute Gasteiger partial charge is 0.255 e. The lowest BCUT2D eigenvalue weighted by Crippen LogP contribution is -2.36. The van der Waals surface area contributed by atoms with E-state index in [1.165, 1.54) is 43.5 Å². The Morgan fingerprint density at radius 3 is 2.50 bits per heavy atom. The lowest BCUT2D eigenvalue weighted by atomic mass is 9.96. The molecule has 2 aromatic carbocycles. The minimum atomic E-state index is -3.87. The SMILES string of the molecule is COc1ccc(C(=O)Nc2ccccc2F)cc1S(=O)(=O)NC1CCCCC1. The van der Waals surface area contributed by atoms with Crippen LogP contribution in [0.2, 0.25) is 0 Å². The number of sulfonamides is 1. The van der Waals surface area contributed by atoms with E-state index in [9.17, 15) is 17.6 Å². The quantitative estimate of drug-likeness (QED) is 0.766. The molecule has 1 aliphatic carbocycles. The molecule has 0 spiro atoms. The molecular weight excluding hydrogens is 383 g/mol. The standard InChI is InChI=1S/C20H23FN2O4S/c1-27-18-12-11-14(20(24)22-17-10-6-5-9-16(17)21)13-19(18)28(25,26)23-15-7-3-2-4-8-15/h5-6,9-13,15,23H,2-4,7-8H2,1H3,(H,22,24). The highest BCUT2D eigenvalue weighted by molar-refractivity contribution is 7.89. The Balaban J connectivity index is 1.87. The number of benzene rings is 2. The van der Waals surface area contributed by atoms with Crippen molar-refractivity contribution in [3.8, 4) is 5.75 Å². The summed E-state index contributed by atoms with van der Waals surface area (Å²) < 4.78 is 47.4. The summed E-state index contributed by atoms with van der Waals surface area (Å²) in [5, 5.41) is 2.45. The van der Waals surface area contributed by atoms with Crippen molar-refractivity contribution in [2.24, 2.45) is 0 Å². The third kappa shape index (κ3) is 4.69. The maximum Gasteiger partial charge on any atom is 0.255 e. The number of carbonyl (C=O) groups excluding carboxylic acids is 1. The molecule has 2 aromatic rings. The molecule has 6 nitrogen and oxygen atoms in total. The Hall–Kier alpha value is -2.45. The van der Waals surface area contributed by atoms with Crippen LogP contribution >= 0.6 is 0 Å². The first kappa shape index (κ1) is 20.3. The van der Waals surface area contributed by atoms with Crippen LogP contribution in [0.1, 0.15) is 42.5 Å². The summed E-state index contributed by atoms with van der Waals surface area (Å²) in [6.45, 7) is 0. The number of hydrogen-bond donors (Lipinski definition) is 2. The van der Waals surface area contributed by atoms with Gasteiger partial charge in [0.25, 0.3) is 5.91 Å². The van der Waals surface area contributed by atoms with Gasteiger partial charge >= 0.3 is 0 Å².